The van der Waals surface area contributed by atoms with E-state index in [2.05, 4.69) is 34.3 Å². The van der Waals surface area contributed by atoms with Crippen molar-refractivity contribution in [3.8, 4) is 0 Å². The molecular weight excluding hydrogens is 400 g/mol. The van der Waals surface area contributed by atoms with E-state index in [4.69, 9.17) is 0 Å². The van der Waals surface area contributed by atoms with Crippen molar-refractivity contribution in [2.75, 3.05) is 46.8 Å². The van der Waals surface area contributed by atoms with Crippen molar-refractivity contribution in [2.24, 2.45) is 0 Å². The van der Waals surface area contributed by atoms with Crippen LogP contribution >= 0.6 is 0 Å². The summed E-state index contributed by atoms with van der Waals surface area (Å²) >= 11 is 0. The third-order valence-electron chi connectivity index (χ3n) is 5.30. The number of hydrogen-bond donors (Lipinski definition) is 1. The van der Waals surface area contributed by atoms with Crippen LogP contribution in [0.5, 0.6) is 0 Å². The maximum atomic E-state index is 12.5. The fourth-order valence-electron chi connectivity index (χ4n) is 3.42. The first-order valence-corrected chi connectivity index (χ1v) is 11.6. The van der Waals surface area contributed by atoms with Gasteiger partial charge < -0.3 is 10.2 Å². The molecule has 0 radical (unpaired) electrons. The van der Waals surface area contributed by atoms with Crippen LogP contribution in [-0.4, -0.2) is 75.2 Å². The molecule has 0 spiro atoms. The maximum absolute atomic E-state index is 12.5. The average molecular weight is 431 g/mol. The van der Waals surface area contributed by atoms with Gasteiger partial charge in [0.25, 0.3) is 0 Å². The Morgan fingerprint density at radius 3 is 2.37 bits per heavy atom. The van der Waals surface area contributed by atoms with Gasteiger partial charge in [0, 0.05) is 46.3 Å². The normalized spacial score (nSPS) is 16.0. The Morgan fingerprint density at radius 2 is 1.67 bits per heavy atom. The highest BCUT2D eigenvalue weighted by molar-refractivity contribution is 7.89. The zero-order valence-corrected chi connectivity index (χ0v) is 18.4. The van der Waals surface area contributed by atoms with E-state index in [0.717, 1.165) is 42.6 Å². The molecule has 162 valence electrons. The first-order valence-electron chi connectivity index (χ1n) is 10.1. The molecule has 1 fully saturated rings. The molecule has 1 aliphatic rings. The van der Waals surface area contributed by atoms with Crippen LogP contribution in [0.3, 0.4) is 0 Å². The van der Waals surface area contributed by atoms with Crippen LogP contribution in [0.15, 0.2) is 59.5 Å². The Hall–Kier alpha value is -2.26. The lowest BCUT2D eigenvalue weighted by molar-refractivity contribution is -0.121. The van der Waals surface area contributed by atoms with E-state index in [0.29, 0.717) is 6.54 Å². The smallest absolute Gasteiger partial charge is 0.243 e. The second kappa shape index (κ2) is 10.2. The van der Waals surface area contributed by atoms with Gasteiger partial charge in [0.1, 0.15) is 0 Å². The summed E-state index contributed by atoms with van der Waals surface area (Å²) in [5.74, 6) is -0.332. The van der Waals surface area contributed by atoms with Gasteiger partial charge in [0.15, 0.2) is 0 Å². The predicted octanol–water partition coefficient (Wildman–Crippen LogP) is 1.37. The molecule has 0 aliphatic carbocycles. The van der Waals surface area contributed by atoms with E-state index >= 15 is 0 Å². The van der Waals surface area contributed by atoms with Gasteiger partial charge in [-0.05, 0) is 30.3 Å². The molecule has 2 aromatic rings. The molecule has 0 unspecified atom stereocenters. The van der Waals surface area contributed by atoms with E-state index in [1.54, 1.807) is 18.2 Å². The predicted molar refractivity (Wildman–Crippen MR) is 117 cm³/mol. The Balaban J connectivity index is 1.51. The van der Waals surface area contributed by atoms with Gasteiger partial charge in [0.05, 0.1) is 11.4 Å². The minimum absolute atomic E-state index is 0.178. The number of hydrogen-bond acceptors (Lipinski definition) is 5. The first-order chi connectivity index (χ1) is 14.3. The van der Waals surface area contributed by atoms with Crippen LogP contribution in [0.1, 0.15) is 11.1 Å². The average Bonchev–Trinajstić information content (AvgIpc) is 2.75. The van der Waals surface area contributed by atoms with Gasteiger partial charge in [-0.15, -0.1) is 0 Å². The summed E-state index contributed by atoms with van der Waals surface area (Å²) in [6.45, 7) is 5.31. The molecule has 1 N–H and O–H groups in total. The molecule has 1 heterocycles. The Bertz CT molecular complexity index is 942. The summed E-state index contributed by atoms with van der Waals surface area (Å²) in [5, 5.41) is 2.82. The summed E-state index contributed by atoms with van der Waals surface area (Å²) in [5.41, 5.74) is 2.22. The molecular formula is C22H30N4O3S. The minimum Gasteiger partial charge on any atom is -0.351 e. The van der Waals surface area contributed by atoms with Gasteiger partial charge in [0.2, 0.25) is 15.9 Å². The molecule has 1 aliphatic heterocycles. The lowest BCUT2D eigenvalue weighted by Gasteiger charge is -2.32. The highest BCUT2D eigenvalue weighted by atomic mass is 32.2. The second-order valence-corrected chi connectivity index (χ2v) is 9.80. The Morgan fingerprint density at radius 1 is 1.00 bits per heavy atom. The third-order valence-corrected chi connectivity index (χ3v) is 7.12. The summed E-state index contributed by atoms with van der Waals surface area (Å²) in [6.07, 6.45) is 0. The number of rotatable bonds is 8. The minimum atomic E-state index is -3.68. The molecule has 1 saturated heterocycles. The van der Waals surface area contributed by atoms with Gasteiger partial charge in [-0.25, -0.2) is 8.42 Å². The highest BCUT2D eigenvalue weighted by Gasteiger charge is 2.22. The van der Waals surface area contributed by atoms with Gasteiger partial charge in [-0.2, -0.15) is 4.31 Å². The molecule has 1 amide bonds. The van der Waals surface area contributed by atoms with Crippen molar-refractivity contribution in [1.29, 1.82) is 0 Å². The van der Waals surface area contributed by atoms with Crippen molar-refractivity contribution in [1.82, 2.24) is 19.4 Å². The monoisotopic (exact) mass is 430 g/mol. The van der Waals surface area contributed by atoms with E-state index in [1.807, 2.05) is 12.1 Å². The van der Waals surface area contributed by atoms with E-state index < -0.39 is 10.0 Å². The number of nitrogens with zero attached hydrogens (tertiary/aromatic N) is 3. The summed E-state index contributed by atoms with van der Waals surface area (Å²) < 4.78 is 26.1. The topological polar surface area (TPSA) is 73.0 Å². The number of piperazine rings is 1. The maximum Gasteiger partial charge on any atom is 0.243 e. The van der Waals surface area contributed by atoms with Crippen LogP contribution in [0.25, 0.3) is 0 Å². The van der Waals surface area contributed by atoms with Crippen LogP contribution < -0.4 is 5.32 Å². The Labute approximate surface area is 179 Å². The van der Waals surface area contributed by atoms with Gasteiger partial charge in [-0.3, -0.25) is 9.69 Å². The molecule has 0 saturated carbocycles. The molecule has 3 rings (SSSR count). The van der Waals surface area contributed by atoms with Crippen molar-refractivity contribution in [2.45, 2.75) is 18.0 Å². The fraction of sp³-hybridized carbons (Fsp3) is 0.409. The third kappa shape index (κ3) is 6.12. The lowest BCUT2D eigenvalue weighted by Crippen LogP contribution is -2.43. The number of amides is 1. The van der Waals surface area contributed by atoms with Crippen molar-refractivity contribution < 1.29 is 13.2 Å². The highest BCUT2D eigenvalue weighted by Crippen LogP contribution is 2.13. The molecule has 2 aromatic carbocycles. The summed E-state index contributed by atoms with van der Waals surface area (Å²) in [6, 6.07) is 16.3. The quantitative estimate of drug-likeness (QED) is 0.685. The van der Waals surface area contributed by atoms with Crippen molar-refractivity contribution in [3.05, 3.63) is 65.7 Å². The number of likely N-dealkylation sites (N-methyl/N-ethyl adjacent to an activating group) is 2. The molecule has 0 atom stereocenters. The summed E-state index contributed by atoms with van der Waals surface area (Å²) in [4.78, 5) is 17.2. The second-order valence-electron chi connectivity index (χ2n) is 7.75. The number of benzene rings is 2. The number of carbonyl (C=O) groups is 1. The number of carbonyl (C=O) groups excluding carboxylic acids is 1. The first kappa shape index (κ1) is 22.4. The standard InChI is InChI=1S/C22H30N4O3S/c1-24-11-13-26(14-12-24)17-20-8-6-7-19(15-20)16-23-22(27)18-25(2)30(28,29)21-9-4-3-5-10-21/h3-10,15H,11-14,16-18H2,1-2H3,(H,23,27). The molecule has 0 bridgehead atoms. The zero-order chi connectivity index (χ0) is 21.6. The fourth-order valence-corrected chi connectivity index (χ4v) is 4.57. The van der Waals surface area contributed by atoms with Crippen LogP contribution in [-0.2, 0) is 27.9 Å². The Kier molecular flexibility index (Phi) is 7.60. The number of nitrogens with one attached hydrogen (secondary N) is 1. The van der Waals surface area contributed by atoms with Gasteiger partial charge in [-0.1, -0.05) is 42.5 Å². The van der Waals surface area contributed by atoms with Crippen LogP contribution in [0.2, 0.25) is 0 Å². The zero-order valence-electron chi connectivity index (χ0n) is 17.6. The van der Waals surface area contributed by atoms with Gasteiger partial charge >= 0.3 is 0 Å². The molecule has 0 aromatic heterocycles. The SMILES string of the molecule is CN1CCN(Cc2cccc(CNC(=O)CN(C)S(=O)(=O)c3ccccc3)c2)CC1. The molecule has 30 heavy (non-hydrogen) atoms. The summed E-state index contributed by atoms with van der Waals surface area (Å²) in [7, 11) is -0.123. The lowest BCUT2D eigenvalue weighted by atomic mass is 10.1. The van der Waals surface area contributed by atoms with Crippen molar-refractivity contribution >= 4 is 15.9 Å². The molecule has 7 nitrogen and oxygen atoms in total. The van der Waals surface area contributed by atoms with E-state index in [1.165, 1.54) is 24.7 Å². The van der Waals surface area contributed by atoms with E-state index in [9.17, 15) is 13.2 Å². The van der Waals surface area contributed by atoms with Crippen molar-refractivity contribution in [3.63, 3.8) is 0 Å². The van der Waals surface area contributed by atoms with Crippen LogP contribution in [0.4, 0.5) is 0 Å². The number of sulfonamides is 1. The molecule has 8 heteroatoms. The van der Waals surface area contributed by atoms with Crippen LogP contribution in [0, 0.1) is 0 Å². The van der Waals surface area contributed by atoms with E-state index in [-0.39, 0.29) is 17.3 Å². The largest absolute Gasteiger partial charge is 0.351 e.